The number of nitrogens with one attached hydrogen (secondary N) is 1. The van der Waals surface area contributed by atoms with Gasteiger partial charge < -0.3 is 14.6 Å². The molecule has 7 heteroatoms. The lowest BCUT2D eigenvalue weighted by Gasteiger charge is -2.20. The highest BCUT2D eigenvalue weighted by molar-refractivity contribution is 7.91. The SMILES string of the molecule is CCS(=O)(=O)CCN(C)C(=O)N[C@H](C)c1ccco1. The number of hydrogen-bond acceptors (Lipinski definition) is 4. The highest BCUT2D eigenvalue weighted by Gasteiger charge is 2.16. The van der Waals surface area contributed by atoms with Crippen LogP contribution in [0.25, 0.3) is 0 Å². The van der Waals surface area contributed by atoms with Crippen LogP contribution < -0.4 is 5.32 Å². The predicted octanol–water partition coefficient (Wildman–Crippen LogP) is 1.42. The fraction of sp³-hybridized carbons (Fsp3) is 0.583. The van der Waals surface area contributed by atoms with E-state index in [-0.39, 0.29) is 30.1 Å². The molecule has 1 N–H and O–H groups in total. The molecular formula is C12H20N2O4S. The standard InChI is InChI=1S/C12H20N2O4S/c1-4-19(16,17)9-7-14(3)12(15)13-10(2)11-6-5-8-18-11/h5-6,8,10H,4,7,9H2,1-3H3,(H,13,15)/t10-/m1/s1. The molecule has 19 heavy (non-hydrogen) atoms. The molecule has 0 aliphatic carbocycles. The van der Waals surface area contributed by atoms with Gasteiger partial charge in [-0.2, -0.15) is 0 Å². The van der Waals surface area contributed by atoms with Gasteiger partial charge in [0.1, 0.15) is 5.76 Å². The summed E-state index contributed by atoms with van der Waals surface area (Å²) in [5.41, 5.74) is 0. The molecule has 1 aromatic heterocycles. The smallest absolute Gasteiger partial charge is 0.317 e. The van der Waals surface area contributed by atoms with Gasteiger partial charge in [0.15, 0.2) is 9.84 Å². The van der Waals surface area contributed by atoms with E-state index in [9.17, 15) is 13.2 Å². The molecule has 0 aromatic carbocycles. The van der Waals surface area contributed by atoms with E-state index in [1.807, 2.05) is 0 Å². The summed E-state index contributed by atoms with van der Waals surface area (Å²) in [7, 11) is -1.50. The van der Waals surface area contributed by atoms with E-state index in [4.69, 9.17) is 4.42 Å². The van der Waals surface area contributed by atoms with Gasteiger partial charge in [-0.05, 0) is 19.1 Å². The third-order valence-electron chi connectivity index (χ3n) is 2.83. The Labute approximate surface area is 113 Å². The van der Waals surface area contributed by atoms with Crippen LogP contribution in [0.2, 0.25) is 0 Å². The maximum atomic E-state index is 11.8. The van der Waals surface area contributed by atoms with E-state index in [0.717, 1.165) is 0 Å². The monoisotopic (exact) mass is 288 g/mol. The summed E-state index contributed by atoms with van der Waals surface area (Å²) in [4.78, 5) is 13.2. The number of nitrogens with zero attached hydrogens (tertiary/aromatic N) is 1. The first-order valence-corrected chi connectivity index (χ1v) is 7.93. The van der Waals surface area contributed by atoms with Crippen LogP contribution in [0.4, 0.5) is 4.79 Å². The molecule has 108 valence electrons. The average Bonchev–Trinajstić information content (AvgIpc) is 2.89. The second-order valence-electron chi connectivity index (χ2n) is 4.34. The summed E-state index contributed by atoms with van der Waals surface area (Å²) in [6.45, 7) is 3.56. The van der Waals surface area contributed by atoms with Crippen molar-refractivity contribution in [1.29, 1.82) is 0 Å². The van der Waals surface area contributed by atoms with E-state index in [1.54, 1.807) is 33.0 Å². The molecule has 0 saturated carbocycles. The Morgan fingerprint density at radius 3 is 2.74 bits per heavy atom. The predicted molar refractivity (Wildman–Crippen MR) is 72.6 cm³/mol. The fourth-order valence-corrected chi connectivity index (χ4v) is 2.27. The number of urea groups is 1. The minimum atomic E-state index is -3.06. The molecule has 0 spiro atoms. The summed E-state index contributed by atoms with van der Waals surface area (Å²) in [6, 6.07) is 2.94. The maximum Gasteiger partial charge on any atom is 0.317 e. The summed E-state index contributed by atoms with van der Waals surface area (Å²) < 4.78 is 27.9. The van der Waals surface area contributed by atoms with Gasteiger partial charge in [0.05, 0.1) is 18.1 Å². The van der Waals surface area contributed by atoms with Crippen molar-refractivity contribution in [3.63, 3.8) is 0 Å². The van der Waals surface area contributed by atoms with Gasteiger partial charge in [0.2, 0.25) is 0 Å². The van der Waals surface area contributed by atoms with Crippen molar-refractivity contribution in [2.24, 2.45) is 0 Å². The third kappa shape index (κ3) is 4.94. The van der Waals surface area contributed by atoms with Crippen LogP contribution in [-0.4, -0.2) is 44.4 Å². The summed E-state index contributed by atoms with van der Waals surface area (Å²) in [5.74, 6) is 0.719. The van der Waals surface area contributed by atoms with Gasteiger partial charge in [-0.1, -0.05) is 6.92 Å². The van der Waals surface area contributed by atoms with Gasteiger partial charge in [0.25, 0.3) is 0 Å². The quantitative estimate of drug-likeness (QED) is 0.858. The molecule has 1 heterocycles. The summed E-state index contributed by atoms with van der Waals surface area (Å²) in [6.07, 6.45) is 1.54. The average molecular weight is 288 g/mol. The minimum absolute atomic E-state index is 0.0252. The Morgan fingerprint density at radius 2 is 2.21 bits per heavy atom. The Morgan fingerprint density at radius 1 is 1.53 bits per heavy atom. The first-order valence-electron chi connectivity index (χ1n) is 6.11. The lowest BCUT2D eigenvalue weighted by atomic mass is 10.2. The van der Waals surface area contributed by atoms with Gasteiger partial charge in [0, 0.05) is 19.3 Å². The fourth-order valence-electron chi connectivity index (χ4n) is 1.43. The number of amides is 2. The molecule has 0 fully saturated rings. The Bertz CT molecular complexity index is 496. The van der Waals surface area contributed by atoms with Crippen LogP contribution in [0.1, 0.15) is 25.6 Å². The molecule has 0 aliphatic rings. The Kier molecular flexibility index (Phi) is 5.41. The van der Waals surface area contributed by atoms with Crippen LogP contribution >= 0.6 is 0 Å². The van der Waals surface area contributed by atoms with Gasteiger partial charge in [-0.25, -0.2) is 13.2 Å². The molecular weight excluding hydrogens is 268 g/mol. The number of furan rings is 1. The third-order valence-corrected chi connectivity index (χ3v) is 4.52. The Hall–Kier alpha value is -1.50. The number of carbonyl (C=O) groups excluding carboxylic acids is 1. The van der Waals surface area contributed by atoms with Gasteiger partial charge in [-0.15, -0.1) is 0 Å². The van der Waals surface area contributed by atoms with Crippen molar-refractivity contribution in [2.75, 3.05) is 25.1 Å². The van der Waals surface area contributed by atoms with E-state index in [2.05, 4.69) is 5.32 Å². The minimum Gasteiger partial charge on any atom is -0.467 e. The summed E-state index contributed by atoms with van der Waals surface area (Å²) in [5, 5.41) is 2.73. The van der Waals surface area contributed by atoms with E-state index >= 15 is 0 Å². The number of sulfone groups is 1. The van der Waals surface area contributed by atoms with E-state index in [1.165, 1.54) is 11.2 Å². The van der Waals surface area contributed by atoms with Gasteiger partial charge in [-0.3, -0.25) is 0 Å². The molecule has 0 unspecified atom stereocenters. The zero-order chi connectivity index (χ0) is 14.5. The maximum absolute atomic E-state index is 11.8. The van der Waals surface area contributed by atoms with Crippen molar-refractivity contribution in [2.45, 2.75) is 19.9 Å². The summed E-state index contributed by atoms with van der Waals surface area (Å²) >= 11 is 0. The number of hydrogen-bond donors (Lipinski definition) is 1. The Balaban J connectivity index is 2.45. The van der Waals surface area contributed by atoms with Crippen LogP contribution in [0.15, 0.2) is 22.8 Å². The highest BCUT2D eigenvalue weighted by atomic mass is 32.2. The molecule has 6 nitrogen and oxygen atoms in total. The lowest BCUT2D eigenvalue weighted by Crippen LogP contribution is -2.40. The van der Waals surface area contributed by atoms with Crippen molar-refractivity contribution < 1.29 is 17.6 Å². The van der Waals surface area contributed by atoms with Gasteiger partial charge >= 0.3 is 6.03 Å². The topological polar surface area (TPSA) is 79.6 Å². The normalized spacial score (nSPS) is 13.0. The van der Waals surface area contributed by atoms with Crippen molar-refractivity contribution in [3.05, 3.63) is 24.2 Å². The van der Waals surface area contributed by atoms with Crippen LogP contribution in [-0.2, 0) is 9.84 Å². The first-order chi connectivity index (χ1) is 8.85. The van der Waals surface area contributed by atoms with Crippen molar-refractivity contribution >= 4 is 15.9 Å². The molecule has 2 amide bonds. The molecule has 1 atom stereocenters. The van der Waals surface area contributed by atoms with Crippen molar-refractivity contribution in [3.8, 4) is 0 Å². The molecule has 1 aromatic rings. The zero-order valence-electron chi connectivity index (χ0n) is 11.4. The van der Waals surface area contributed by atoms with Crippen LogP contribution in [0, 0.1) is 0 Å². The zero-order valence-corrected chi connectivity index (χ0v) is 12.2. The highest BCUT2D eigenvalue weighted by Crippen LogP contribution is 2.12. The van der Waals surface area contributed by atoms with E-state index in [0.29, 0.717) is 5.76 Å². The molecule has 0 saturated heterocycles. The molecule has 1 rings (SSSR count). The second-order valence-corrected chi connectivity index (χ2v) is 6.82. The largest absolute Gasteiger partial charge is 0.467 e. The molecule has 0 radical (unpaired) electrons. The number of carbonyl (C=O) groups is 1. The molecule has 0 aliphatic heterocycles. The lowest BCUT2D eigenvalue weighted by molar-refractivity contribution is 0.206. The van der Waals surface area contributed by atoms with E-state index < -0.39 is 9.84 Å². The second kappa shape index (κ2) is 6.60. The van der Waals surface area contributed by atoms with Crippen LogP contribution in [0.3, 0.4) is 0 Å². The van der Waals surface area contributed by atoms with Crippen LogP contribution in [0.5, 0.6) is 0 Å². The van der Waals surface area contributed by atoms with Crippen molar-refractivity contribution in [1.82, 2.24) is 10.2 Å². The number of rotatable bonds is 6. The first kappa shape index (κ1) is 15.6. The molecule has 0 bridgehead atoms.